The van der Waals surface area contributed by atoms with Crippen LogP contribution in [0.25, 0.3) is 0 Å². The number of halogens is 1. The van der Waals surface area contributed by atoms with E-state index in [1.807, 2.05) is 39.0 Å². The second kappa shape index (κ2) is 11.7. The minimum Gasteiger partial charge on any atom is -0.376 e. The molecular formula is C29H41IO8. The van der Waals surface area contributed by atoms with Crippen LogP contribution in [0.5, 0.6) is 0 Å². The predicted molar refractivity (Wildman–Crippen MR) is 148 cm³/mol. The molecule has 9 heteroatoms. The Kier molecular flexibility index (Phi) is 8.87. The van der Waals surface area contributed by atoms with Crippen LogP contribution in [-0.2, 0) is 44.6 Å². The summed E-state index contributed by atoms with van der Waals surface area (Å²) in [6.07, 6.45) is 0.803. The number of ether oxygens (including phenoxy) is 7. The number of ketones is 1. The Morgan fingerprint density at radius 2 is 1.87 bits per heavy atom. The third-order valence-corrected chi connectivity index (χ3v) is 10.6. The van der Waals surface area contributed by atoms with E-state index < -0.39 is 16.8 Å². The molecule has 2 aliphatic heterocycles. The van der Waals surface area contributed by atoms with E-state index in [2.05, 4.69) is 34.7 Å². The van der Waals surface area contributed by atoms with Gasteiger partial charge >= 0.3 is 0 Å². The molecule has 4 aliphatic rings. The van der Waals surface area contributed by atoms with Crippen LogP contribution in [0.3, 0.4) is 0 Å². The fourth-order valence-corrected chi connectivity index (χ4v) is 9.26. The Balaban J connectivity index is 1.52. The van der Waals surface area contributed by atoms with Crippen molar-refractivity contribution in [2.24, 2.45) is 23.2 Å². The normalized spacial score (nSPS) is 39.9. The maximum Gasteiger partial charge on any atom is 0.164 e. The number of rotatable bonds is 10. The van der Waals surface area contributed by atoms with E-state index in [4.69, 9.17) is 33.2 Å². The summed E-state index contributed by atoms with van der Waals surface area (Å²) >= 11 is 2.55. The molecule has 1 unspecified atom stereocenters. The van der Waals surface area contributed by atoms with Gasteiger partial charge in [-0.1, -0.05) is 52.9 Å². The molecule has 1 spiro atoms. The van der Waals surface area contributed by atoms with Gasteiger partial charge in [0.05, 0.1) is 32.5 Å². The molecule has 2 aliphatic carbocycles. The van der Waals surface area contributed by atoms with Crippen molar-refractivity contribution in [3.8, 4) is 0 Å². The van der Waals surface area contributed by atoms with Gasteiger partial charge in [0.15, 0.2) is 12.1 Å². The minimum atomic E-state index is -0.791. The lowest BCUT2D eigenvalue weighted by Crippen LogP contribution is -2.69. The number of methoxy groups -OCH3 is 1. The summed E-state index contributed by atoms with van der Waals surface area (Å²) in [4.78, 5) is 13.6. The Bertz CT molecular complexity index is 959. The third kappa shape index (κ3) is 5.22. The number of carbonyl (C=O) groups is 1. The Labute approximate surface area is 239 Å². The standard InChI is InChI=1S/C29H41IO8/c1-5-35-24-13-28(17-36-24)12-20(31)11-21-22(15-34-18-32-4)23(16-33-14-19-9-7-6-8-10-19)25(30)29(28)26(21)37-27(2,3)38-29/h6-10,21-26H,5,11-18H2,1-4H3/t21-,22-,23+,24?,25-,26+,28+,29-/m0/s1. The van der Waals surface area contributed by atoms with Crippen LogP contribution >= 0.6 is 22.6 Å². The molecule has 2 saturated heterocycles. The first-order chi connectivity index (χ1) is 18.2. The first-order valence-corrected chi connectivity index (χ1v) is 14.9. The predicted octanol–water partition coefficient (Wildman–Crippen LogP) is 4.51. The molecule has 0 N–H and O–H groups in total. The first kappa shape index (κ1) is 28.9. The molecule has 8 nitrogen and oxygen atoms in total. The first-order valence-electron chi connectivity index (χ1n) is 13.7. The van der Waals surface area contributed by atoms with Gasteiger partial charge in [-0.3, -0.25) is 4.79 Å². The summed E-state index contributed by atoms with van der Waals surface area (Å²) in [5, 5.41) is 0. The van der Waals surface area contributed by atoms with Crippen LogP contribution in [0.2, 0.25) is 0 Å². The van der Waals surface area contributed by atoms with Crippen molar-refractivity contribution >= 4 is 28.4 Å². The quantitative estimate of drug-likeness (QED) is 0.159. The van der Waals surface area contributed by atoms with Crippen molar-refractivity contribution in [1.29, 1.82) is 0 Å². The SMILES string of the molecule is CCOC1C[C@@]2(CO1)CC(=O)C[C@H]1[C@H](COCOC)[C@@H](COCc3ccccc3)[C@H](I)[C@@]23OC(C)(C)O[C@H]13. The lowest BCUT2D eigenvalue weighted by Gasteiger charge is -2.57. The van der Waals surface area contributed by atoms with Gasteiger partial charge in [0, 0.05) is 54.2 Å². The van der Waals surface area contributed by atoms with Gasteiger partial charge in [-0.05, 0) is 32.3 Å². The number of benzene rings is 1. The molecule has 8 atom stereocenters. The number of hydrogen-bond donors (Lipinski definition) is 0. The summed E-state index contributed by atoms with van der Waals surface area (Å²) in [7, 11) is 1.62. The van der Waals surface area contributed by atoms with Crippen LogP contribution in [0, 0.1) is 23.2 Å². The average molecular weight is 645 g/mol. The summed E-state index contributed by atoms with van der Waals surface area (Å²) < 4.78 is 43.4. The van der Waals surface area contributed by atoms with E-state index in [0.29, 0.717) is 52.3 Å². The second-order valence-corrected chi connectivity index (χ2v) is 12.9. The van der Waals surface area contributed by atoms with Crippen LogP contribution in [-0.4, -0.2) is 73.8 Å². The Morgan fingerprint density at radius 1 is 1.11 bits per heavy atom. The van der Waals surface area contributed by atoms with Crippen molar-refractivity contribution in [2.75, 3.05) is 40.3 Å². The van der Waals surface area contributed by atoms with Crippen LogP contribution in [0.15, 0.2) is 30.3 Å². The highest BCUT2D eigenvalue weighted by molar-refractivity contribution is 14.1. The molecule has 2 heterocycles. The second-order valence-electron chi connectivity index (χ2n) is 11.6. The van der Waals surface area contributed by atoms with Crippen molar-refractivity contribution in [3.63, 3.8) is 0 Å². The highest BCUT2D eigenvalue weighted by Crippen LogP contribution is 2.66. The zero-order valence-electron chi connectivity index (χ0n) is 22.9. The van der Waals surface area contributed by atoms with E-state index in [-0.39, 0.29) is 46.6 Å². The zero-order chi connectivity index (χ0) is 27.0. The smallest absolute Gasteiger partial charge is 0.164 e. The maximum absolute atomic E-state index is 13.6. The van der Waals surface area contributed by atoms with Gasteiger partial charge in [-0.2, -0.15) is 0 Å². The minimum absolute atomic E-state index is 0.00933. The van der Waals surface area contributed by atoms with Gasteiger partial charge in [-0.25, -0.2) is 0 Å². The Morgan fingerprint density at radius 3 is 2.61 bits per heavy atom. The van der Waals surface area contributed by atoms with Crippen molar-refractivity contribution < 1.29 is 38.0 Å². The number of alkyl halides is 1. The van der Waals surface area contributed by atoms with Gasteiger partial charge in [0.25, 0.3) is 0 Å². The van der Waals surface area contributed by atoms with Gasteiger partial charge in [0.1, 0.15) is 18.2 Å². The van der Waals surface area contributed by atoms with E-state index >= 15 is 0 Å². The molecule has 0 aromatic heterocycles. The molecule has 212 valence electrons. The molecule has 0 radical (unpaired) electrons. The molecule has 1 aromatic carbocycles. The topological polar surface area (TPSA) is 81.7 Å². The highest BCUT2D eigenvalue weighted by atomic mass is 127. The van der Waals surface area contributed by atoms with Gasteiger partial charge in [0.2, 0.25) is 0 Å². The average Bonchev–Trinajstić information content (AvgIpc) is 3.41. The summed E-state index contributed by atoms with van der Waals surface area (Å²) in [6.45, 7) is 8.62. The van der Waals surface area contributed by atoms with Gasteiger partial charge < -0.3 is 33.2 Å². The van der Waals surface area contributed by atoms with Crippen LogP contribution < -0.4 is 0 Å². The fraction of sp³-hybridized carbons (Fsp3) is 0.759. The third-order valence-electron chi connectivity index (χ3n) is 8.74. The molecule has 0 amide bonds. The molecule has 1 aromatic rings. The van der Waals surface area contributed by atoms with Crippen molar-refractivity contribution in [1.82, 2.24) is 0 Å². The lowest BCUT2D eigenvalue weighted by molar-refractivity contribution is -0.200. The Hall–Kier alpha value is -0.660. The molecule has 2 saturated carbocycles. The lowest BCUT2D eigenvalue weighted by atomic mass is 9.56. The molecule has 4 fully saturated rings. The zero-order valence-corrected chi connectivity index (χ0v) is 25.0. The summed E-state index contributed by atoms with van der Waals surface area (Å²) in [5.74, 6) is -0.517. The maximum atomic E-state index is 13.6. The van der Waals surface area contributed by atoms with Crippen LogP contribution in [0.4, 0.5) is 0 Å². The molecule has 2 bridgehead atoms. The highest BCUT2D eigenvalue weighted by Gasteiger charge is 2.76. The number of hydrogen-bond acceptors (Lipinski definition) is 8. The van der Waals surface area contributed by atoms with E-state index in [0.717, 1.165) is 5.56 Å². The monoisotopic (exact) mass is 644 g/mol. The van der Waals surface area contributed by atoms with Crippen molar-refractivity contribution in [3.05, 3.63) is 35.9 Å². The fourth-order valence-electron chi connectivity index (χ4n) is 7.38. The van der Waals surface area contributed by atoms with Crippen LogP contribution in [0.1, 0.15) is 45.6 Å². The van der Waals surface area contributed by atoms with Crippen molar-refractivity contribution in [2.45, 2.75) is 74.3 Å². The summed E-state index contributed by atoms with van der Waals surface area (Å²) in [5.41, 5.74) is -0.136. The molecule has 5 rings (SSSR count). The molecular weight excluding hydrogens is 603 g/mol. The molecule has 38 heavy (non-hydrogen) atoms. The van der Waals surface area contributed by atoms with E-state index in [9.17, 15) is 4.79 Å². The van der Waals surface area contributed by atoms with E-state index in [1.54, 1.807) is 7.11 Å². The summed E-state index contributed by atoms with van der Waals surface area (Å²) in [6, 6.07) is 10.2. The van der Waals surface area contributed by atoms with Gasteiger partial charge in [-0.15, -0.1) is 0 Å². The number of Topliss-reactive ketones (excluding diaryl/α,β-unsaturated/α-hetero) is 1. The number of carbonyl (C=O) groups excluding carboxylic acids is 1. The van der Waals surface area contributed by atoms with E-state index in [1.165, 1.54) is 0 Å². The largest absolute Gasteiger partial charge is 0.376 e.